The number of likely N-dealkylation sites (tertiary alicyclic amines) is 1. The van der Waals surface area contributed by atoms with Gasteiger partial charge in [-0.1, -0.05) is 30.3 Å². The first-order chi connectivity index (χ1) is 12.8. The molecule has 2 atom stereocenters. The Bertz CT molecular complexity index is 768. The molecule has 4 heteroatoms. The van der Waals surface area contributed by atoms with E-state index in [-0.39, 0.29) is 0 Å². The van der Waals surface area contributed by atoms with Crippen molar-refractivity contribution in [3.8, 4) is 5.75 Å². The molecule has 0 bridgehead atoms. The van der Waals surface area contributed by atoms with Crippen LogP contribution in [0.4, 0.5) is 5.69 Å². The Hall–Kier alpha value is -2.04. The zero-order chi connectivity index (χ0) is 17.5. The van der Waals surface area contributed by atoms with Gasteiger partial charge < -0.3 is 15.4 Å². The van der Waals surface area contributed by atoms with Gasteiger partial charge in [-0.15, -0.1) is 0 Å². The van der Waals surface area contributed by atoms with Crippen molar-refractivity contribution in [1.82, 2.24) is 4.90 Å². The molecule has 4 nitrogen and oxygen atoms in total. The summed E-state index contributed by atoms with van der Waals surface area (Å²) in [6.45, 7) is 5.13. The number of nitrogens with zero attached hydrogens (tertiary/aromatic N) is 2. The highest BCUT2D eigenvalue weighted by atomic mass is 16.5. The Morgan fingerprint density at radius 1 is 1.04 bits per heavy atom. The van der Waals surface area contributed by atoms with Crippen LogP contribution in [0, 0.1) is 0 Å². The maximum Gasteiger partial charge on any atom is 0.123 e. The molecule has 0 spiro atoms. The summed E-state index contributed by atoms with van der Waals surface area (Å²) >= 11 is 0. The second kappa shape index (κ2) is 6.60. The summed E-state index contributed by atoms with van der Waals surface area (Å²) in [6.07, 6.45) is 2.38. The lowest BCUT2D eigenvalue weighted by molar-refractivity contribution is 0.0502. The summed E-state index contributed by atoms with van der Waals surface area (Å²) in [4.78, 5) is 4.97. The van der Waals surface area contributed by atoms with Crippen LogP contribution in [0.25, 0.3) is 0 Å². The number of benzene rings is 2. The van der Waals surface area contributed by atoms with E-state index in [1.54, 1.807) is 0 Å². The van der Waals surface area contributed by atoms with Crippen molar-refractivity contribution in [3.63, 3.8) is 0 Å². The molecule has 136 valence electrons. The van der Waals surface area contributed by atoms with E-state index in [0.29, 0.717) is 18.0 Å². The van der Waals surface area contributed by atoms with Crippen molar-refractivity contribution in [2.45, 2.75) is 30.8 Å². The number of hydrogen-bond acceptors (Lipinski definition) is 4. The van der Waals surface area contributed by atoms with E-state index in [0.717, 1.165) is 31.9 Å². The first-order valence-electron chi connectivity index (χ1n) is 9.83. The topological polar surface area (TPSA) is 41.7 Å². The zero-order valence-electron chi connectivity index (χ0n) is 15.2. The van der Waals surface area contributed by atoms with Crippen LogP contribution in [0.5, 0.6) is 5.75 Å². The van der Waals surface area contributed by atoms with Gasteiger partial charge in [0.2, 0.25) is 0 Å². The fourth-order valence-corrected chi connectivity index (χ4v) is 4.52. The summed E-state index contributed by atoms with van der Waals surface area (Å²) in [5, 5.41) is 0. The number of fused-ring (bicyclic) bond motifs is 1. The molecule has 0 aromatic heterocycles. The molecule has 2 N–H and O–H groups in total. The fraction of sp³-hybridized carbons (Fsp3) is 0.455. The van der Waals surface area contributed by atoms with E-state index < -0.39 is 0 Å². The van der Waals surface area contributed by atoms with Gasteiger partial charge >= 0.3 is 0 Å². The largest absolute Gasteiger partial charge is 0.492 e. The number of rotatable bonds is 4. The molecule has 0 radical (unpaired) electrons. The van der Waals surface area contributed by atoms with E-state index in [4.69, 9.17) is 10.5 Å². The van der Waals surface area contributed by atoms with Gasteiger partial charge in [-0.05, 0) is 49.7 Å². The molecule has 26 heavy (non-hydrogen) atoms. The minimum absolute atomic E-state index is 0.316. The molecule has 0 saturated carbocycles. The van der Waals surface area contributed by atoms with E-state index in [1.165, 1.54) is 36.3 Å². The number of ether oxygens (including phenoxy) is 1. The maximum absolute atomic E-state index is 6.18. The third-order valence-corrected chi connectivity index (χ3v) is 6.20. The van der Waals surface area contributed by atoms with Crippen molar-refractivity contribution in [3.05, 3.63) is 59.7 Å². The molecule has 3 aliphatic heterocycles. The van der Waals surface area contributed by atoms with Crippen LogP contribution in [0.3, 0.4) is 0 Å². The summed E-state index contributed by atoms with van der Waals surface area (Å²) in [7, 11) is 0. The second-order valence-electron chi connectivity index (χ2n) is 7.95. The molecule has 2 aromatic rings. The first-order valence-corrected chi connectivity index (χ1v) is 9.83. The van der Waals surface area contributed by atoms with Crippen molar-refractivity contribution in [2.75, 3.05) is 37.7 Å². The normalized spacial score (nSPS) is 25.8. The van der Waals surface area contributed by atoms with Gasteiger partial charge in [0.15, 0.2) is 0 Å². The van der Waals surface area contributed by atoms with E-state index in [9.17, 15) is 0 Å². The Kier molecular flexibility index (Phi) is 4.10. The number of anilines is 1. The summed E-state index contributed by atoms with van der Waals surface area (Å²) in [5.41, 5.74) is 10.1. The minimum atomic E-state index is 0.316. The van der Waals surface area contributed by atoms with Crippen LogP contribution in [0.2, 0.25) is 0 Å². The first kappa shape index (κ1) is 16.2. The number of hydrogen-bond donors (Lipinski definition) is 1. The summed E-state index contributed by atoms with van der Waals surface area (Å²) in [6, 6.07) is 18.4. The van der Waals surface area contributed by atoms with Gasteiger partial charge in [0.25, 0.3) is 0 Å². The van der Waals surface area contributed by atoms with Crippen molar-refractivity contribution < 1.29 is 4.74 Å². The lowest BCUT2D eigenvalue weighted by atomic mass is 9.82. The highest BCUT2D eigenvalue weighted by Gasteiger charge is 2.37. The number of nitrogens with two attached hydrogens (primary N) is 1. The predicted molar refractivity (Wildman–Crippen MR) is 105 cm³/mol. The van der Waals surface area contributed by atoms with Crippen LogP contribution in [0.15, 0.2) is 48.5 Å². The van der Waals surface area contributed by atoms with Gasteiger partial charge in [0, 0.05) is 36.3 Å². The average molecular weight is 349 g/mol. The van der Waals surface area contributed by atoms with Crippen LogP contribution < -0.4 is 15.4 Å². The smallest absolute Gasteiger partial charge is 0.123 e. The molecule has 2 saturated heterocycles. The lowest BCUT2D eigenvalue weighted by Crippen LogP contribution is -2.56. The van der Waals surface area contributed by atoms with Crippen molar-refractivity contribution in [2.24, 2.45) is 5.73 Å². The maximum atomic E-state index is 6.18. The lowest BCUT2D eigenvalue weighted by Gasteiger charge is -2.45. The van der Waals surface area contributed by atoms with E-state index in [1.807, 2.05) is 0 Å². The van der Waals surface area contributed by atoms with Crippen molar-refractivity contribution >= 4 is 5.69 Å². The third-order valence-electron chi connectivity index (χ3n) is 6.20. The Balaban J connectivity index is 1.48. The van der Waals surface area contributed by atoms with Gasteiger partial charge in [-0.3, -0.25) is 4.90 Å². The Labute approximate surface area is 155 Å². The van der Waals surface area contributed by atoms with Gasteiger partial charge in [-0.2, -0.15) is 0 Å². The van der Waals surface area contributed by atoms with Crippen LogP contribution >= 0.6 is 0 Å². The van der Waals surface area contributed by atoms with Gasteiger partial charge in [0.1, 0.15) is 12.4 Å². The SMILES string of the molecule is NC1CN(c2ccc3c(c2)C(Cc2ccccc2)C(N2CCC2)CO3)C1. The molecule has 2 aromatic carbocycles. The zero-order valence-corrected chi connectivity index (χ0v) is 15.2. The van der Waals surface area contributed by atoms with Crippen LogP contribution in [-0.4, -0.2) is 49.8 Å². The highest BCUT2D eigenvalue weighted by molar-refractivity contribution is 5.57. The minimum Gasteiger partial charge on any atom is -0.492 e. The molecular formula is C22H27N3O. The second-order valence-corrected chi connectivity index (χ2v) is 7.95. The average Bonchev–Trinajstić information content (AvgIpc) is 2.60. The third kappa shape index (κ3) is 2.87. The fourth-order valence-electron chi connectivity index (χ4n) is 4.52. The highest BCUT2D eigenvalue weighted by Crippen LogP contribution is 2.41. The molecule has 2 fully saturated rings. The predicted octanol–water partition coefficient (Wildman–Crippen LogP) is 2.63. The quantitative estimate of drug-likeness (QED) is 0.921. The molecule has 2 unspecified atom stereocenters. The summed E-state index contributed by atoms with van der Waals surface area (Å²) in [5.74, 6) is 1.55. The van der Waals surface area contributed by atoms with Crippen LogP contribution in [-0.2, 0) is 6.42 Å². The van der Waals surface area contributed by atoms with Gasteiger partial charge in [-0.25, -0.2) is 0 Å². The Morgan fingerprint density at radius 2 is 1.85 bits per heavy atom. The molecule has 5 rings (SSSR count). The monoisotopic (exact) mass is 349 g/mol. The standard InChI is InChI=1S/C22H27N3O/c23-17-13-25(14-17)18-7-8-22-20(12-18)19(11-16-5-2-1-3-6-16)21(15-26-22)24-9-4-10-24/h1-3,5-8,12,17,19,21H,4,9-11,13-15,23H2. The summed E-state index contributed by atoms with van der Waals surface area (Å²) < 4.78 is 6.18. The molecule has 3 aliphatic rings. The molecule has 0 amide bonds. The Morgan fingerprint density at radius 3 is 2.54 bits per heavy atom. The molecule has 0 aliphatic carbocycles. The van der Waals surface area contributed by atoms with Gasteiger partial charge in [0.05, 0.1) is 6.04 Å². The van der Waals surface area contributed by atoms with E-state index >= 15 is 0 Å². The molecule has 3 heterocycles. The van der Waals surface area contributed by atoms with Crippen molar-refractivity contribution in [1.29, 1.82) is 0 Å². The van der Waals surface area contributed by atoms with E-state index in [2.05, 4.69) is 58.3 Å². The molecular weight excluding hydrogens is 322 g/mol. The van der Waals surface area contributed by atoms with Crippen LogP contribution in [0.1, 0.15) is 23.5 Å².